The number of fused-ring (bicyclic) bond motifs is 4. The van der Waals surface area contributed by atoms with Gasteiger partial charge in [0, 0.05) is 30.1 Å². The molecule has 1 aliphatic carbocycles. The lowest BCUT2D eigenvalue weighted by molar-refractivity contribution is -0.136. The minimum absolute atomic E-state index is 0.117. The number of carbonyl (C=O) groups excluding carboxylic acids is 4. The fourth-order valence-corrected chi connectivity index (χ4v) is 5.38. The molecule has 5 aliphatic rings. The van der Waals surface area contributed by atoms with E-state index >= 15 is 0 Å². The minimum Gasteiger partial charge on any atom is -0.368 e. The van der Waals surface area contributed by atoms with Crippen LogP contribution in [0.5, 0.6) is 0 Å². The van der Waals surface area contributed by atoms with E-state index in [-0.39, 0.29) is 24.2 Å². The Hall–Kier alpha value is -2.74. The summed E-state index contributed by atoms with van der Waals surface area (Å²) in [4.78, 5) is 52.9. The van der Waals surface area contributed by atoms with Gasteiger partial charge in [0.15, 0.2) is 0 Å². The molecule has 2 bridgehead atoms. The number of carbonyl (C=O) groups is 4. The summed E-state index contributed by atoms with van der Waals surface area (Å²) >= 11 is 0. The summed E-state index contributed by atoms with van der Waals surface area (Å²) in [5, 5.41) is 2.22. The van der Waals surface area contributed by atoms with Crippen LogP contribution < -0.4 is 16.0 Å². The van der Waals surface area contributed by atoms with Gasteiger partial charge in [0.05, 0.1) is 11.1 Å². The van der Waals surface area contributed by atoms with Gasteiger partial charge in [0.1, 0.15) is 6.04 Å². The molecule has 1 aromatic carbocycles. The molecule has 0 spiro atoms. The molecule has 4 fully saturated rings. The van der Waals surface area contributed by atoms with E-state index in [2.05, 4.69) is 10.2 Å². The zero-order chi connectivity index (χ0) is 20.3. The molecule has 4 aliphatic heterocycles. The van der Waals surface area contributed by atoms with Gasteiger partial charge in [0.2, 0.25) is 11.8 Å². The second kappa shape index (κ2) is 6.38. The Morgan fingerprint density at radius 2 is 1.76 bits per heavy atom. The normalized spacial score (nSPS) is 31.3. The van der Waals surface area contributed by atoms with E-state index in [4.69, 9.17) is 5.73 Å². The molecule has 3 saturated heterocycles. The van der Waals surface area contributed by atoms with Crippen molar-refractivity contribution >= 4 is 29.3 Å². The third-order valence-corrected chi connectivity index (χ3v) is 7.15. The number of hydrogen-bond acceptors (Lipinski definition) is 6. The molecule has 6 rings (SSSR count). The van der Waals surface area contributed by atoms with Crippen molar-refractivity contribution in [1.29, 1.82) is 0 Å². The third-order valence-electron chi connectivity index (χ3n) is 7.15. The van der Waals surface area contributed by atoms with E-state index in [9.17, 15) is 19.2 Å². The number of imide groups is 2. The van der Waals surface area contributed by atoms with Crippen LogP contribution in [-0.4, -0.2) is 53.7 Å². The molecule has 8 nitrogen and oxygen atoms in total. The monoisotopic (exact) mass is 396 g/mol. The number of amides is 4. The van der Waals surface area contributed by atoms with Gasteiger partial charge < -0.3 is 10.6 Å². The van der Waals surface area contributed by atoms with Crippen LogP contribution in [0.4, 0.5) is 5.69 Å². The van der Waals surface area contributed by atoms with Crippen LogP contribution >= 0.6 is 0 Å². The topological polar surface area (TPSA) is 113 Å². The molecule has 152 valence electrons. The molecular formula is C21H24N4O4. The standard InChI is InChI=1S/C21H24N4O4/c22-10-21-7-5-12(6-8-21)24(11-21)13-1-2-14-15(9-13)20(29)25(19(14)28)16-3-4-17(26)23-18(16)27/h1-2,9,12,16H,3-8,10-11,22H2,(H,23,26,27). The zero-order valence-electron chi connectivity index (χ0n) is 16.1. The van der Waals surface area contributed by atoms with Gasteiger partial charge in [0.25, 0.3) is 11.8 Å². The number of benzene rings is 1. The summed E-state index contributed by atoms with van der Waals surface area (Å²) in [6.07, 6.45) is 4.72. The highest BCUT2D eigenvalue weighted by atomic mass is 16.2. The summed E-state index contributed by atoms with van der Waals surface area (Å²) in [5.74, 6) is -1.89. The van der Waals surface area contributed by atoms with Crippen molar-refractivity contribution in [3.05, 3.63) is 29.3 Å². The average molecular weight is 396 g/mol. The molecule has 8 heteroatoms. The van der Waals surface area contributed by atoms with Crippen molar-refractivity contribution in [3.63, 3.8) is 0 Å². The largest absolute Gasteiger partial charge is 0.368 e. The van der Waals surface area contributed by atoms with Crippen LogP contribution in [0, 0.1) is 5.41 Å². The van der Waals surface area contributed by atoms with Crippen molar-refractivity contribution < 1.29 is 19.2 Å². The van der Waals surface area contributed by atoms with Gasteiger partial charge in [-0.15, -0.1) is 0 Å². The second-order valence-electron chi connectivity index (χ2n) is 8.74. The lowest BCUT2D eigenvalue weighted by atomic mass is 9.67. The van der Waals surface area contributed by atoms with Crippen molar-refractivity contribution in [2.45, 2.75) is 50.6 Å². The molecular weight excluding hydrogens is 372 g/mol. The third kappa shape index (κ3) is 2.69. The summed E-state index contributed by atoms with van der Waals surface area (Å²) in [6.45, 7) is 1.52. The Bertz CT molecular complexity index is 935. The quantitative estimate of drug-likeness (QED) is 0.731. The first-order chi connectivity index (χ1) is 13.9. The minimum atomic E-state index is -0.935. The van der Waals surface area contributed by atoms with Gasteiger partial charge in [-0.05, 0) is 56.8 Å². The number of piperidine rings is 3. The lowest BCUT2D eigenvalue weighted by Gasteiger charge is -2.53. The summed E-state index contributed by atoms with van der Waals surface area (Å²) < 4.78 is 0. The van der Waals surface area contributed by atoms with Gasteiger partial charge in [-0.3, -0.25) is 29.4 Å². The van der Waals surface area contributed by atoms with Crippen LogP contribution in [0.2, 0.25) is 0 Å². The number of hydrogen-bond donors (Lipinski definition) is 2. The Kier molecular flexibility index (Phi) is 4.03. The predicted molar refractivity (Wildman–Crippen MR) is 104 cm³/mol. The number of anilines is 1. The fourth-order valence-electron chi connectivity index (χ4n) is 5.38. The molecule has 1 saturated carbocycles. The van der Waals surface area contributed by atoms with Crippen LogP contribution in [0.1, 0.15) is 59.2 Å². The lowest BCUT2D eigenvalue weighted by Crippen LogP contribution is -2.56. The molecule has 4 amide bonds. The van der Waals surface area contributed by atoms with E-state index in [1.54, 1.807) is 12.1 Å². The molecule has 1 unspecified atom stereocenters. The molecule has 29 heavy (non-hydrogen) atoms. The SMILES string of the molecule is NCC12CCC(CC1)N(c1ccc3c(c1)C(=O)N(C1CCC(=O)NC1=O)C3=O)C2. The van der Waals surface area contributed by atoms with E-state index < -0.39 is 23.8 Å². The molecule has 3 N–H and O–H groups in total. The Morgan fingerprint density at radius 3 is 2.45 bits per heavy atom. The Morgan fingerprint density at radius 1 is 1.03 bits per heavy atom. The Balaban J connectivity index is 1.45. The molecule has 4 heterocycles. The van der Waals surface area contributed by atoms with Crippen LogP contribution in [0.3, 0.4) is 0 Å². The van der Waals surface area contributed by atoms with Crippen LogP contribution in [0.15, 0.2) is 18.2 Å². The summed E-state index contributed by atoms with van der Waals surface area (Å²) in [5.41, 5.74) is 7.79. The molecule has 0 aromatic heterocycles. The average Bonchev–Trinajstić information content (AvgIpc) is 2.99. The van der Waals surface area contributed by atoms with Crippen molar-refractivity contribution in [2.24, 2.45) is 11.1 Å². The van der Waals surface area contributed by atoms with Crippen molar-refractivity contribution in [2.75, 3.05) is 18.0 Å². The maximum atomic E-state index is 13.0. The molecule has 1 atom stereocenters. The predicted octanol–water partition coefficient (Wildman–Crippen LogP) is 0.796. The van der Waals surface area contributed by atoms with Crippen molar-refractivity contribution in [3.8, 4) is 0 Å². The first-order valence-corrected chi connectivity index (χ1v) is 10.2. The maximum Gasteiger partial charge on any atom is 0.262 e. The van der Waals surface area contributed by atoms with Gasteiger partial charge >= 0.3 is 0 Å². The van der Waals surface area contributed by atoms with Crippen LogP contribution in [-0.2, 0) is 9.59 Å². The smallest absolute Gasteiger partial charge is 0.262 e. The zero-order valence-corrected chi connectivity index (χ0v) is 16.1. The van der Waals surface area contributed by atoms with Crippen LogP contribution in [0.25, 0.3) is 0 Å². The second-order valence-corrected chi connectivity index (χ2v) is 8.74. The Labute approximate surface area is 168 Å². The highest BCUT2D eigenvalue weighted by molar-refractivity contribution is 6.23. The summed E-state index contributed by atoms with van der Waals surface area (Å²) in [7, 11) is 0. The molecule has 1 aromatic rings. The number of nitrogens with zero attached hydrogens (tertiary/aromatic N) is 2. The van der Waals surface area contributed by atoms with Gasteiger partial charge in [-0.1, -0.05) is 0 Å². The molecule has 0 radical (unpaired) electrons. The number of nitrogens with two attached hydrogens (primary N) is 1. The highest BCUT2D eigenvalue weighted by Crippen LogP contribution is 2.46. The first kappa shape index (κ1) is 18.3. The number of nitrogens with one attached hydrogen (secondary N) is 1. The van der Waals surface area contributed by atoms with E-state index in [0.717, 1.165) is 42.8 Å². The van der Waals surface area contributed by atoms with E-state index in [1.165, 1.54) is 0 Å². The fraction of sp³-hybridized carbons (Fsp3) is 0.524. The highest BCUT2D eigenvalue weighted by Gasteiger charge is 2.46. The maximum absolute atomic E-state index is 13.0. The van der Waals surface area contributed by atoms with Gasteiger partial charge in [-0.25, -0.2) is 0 Å². The van der Waals surface area contributed by atoms with Crippen molar-refractivity contribution in [1.82, 2.24) is 10.2 Å². The van der Waals surface area contributed by atoms with Gasteiger partial charge in [-0.2, -0.15) is 0 Å². The van der Waals surface area contributed by atoms with E-state index in [1.807, 2.05) is 6.07 Å². The van der Waals surface area contributed by atoms with E-state index in [0.29, 0.717) is 23.7 Å². The summed E-state index contributed by atoms with van der Waals surface area (Å²) in [6, 6.07) is 4.86. The number of rotatable bonds is 3. The first-order valence-electron chi connectivity index (χ1n) is 10.2.